The fourth-order valence-corrected chi connectivity index (χ4v) is 2.81. The Hall–Kier alpha value is -0.420. The van der Waals surface area contributed by atoms with Crippen LogP contribution in [0, 0.1) is 0 Å². The first-order chi connectivity index (χ1) is 7.66. The summed E-state index contributed by atoms with van der Waals surface area (Å²) < 4.78 is 0.979. The van der Waals surface area contributed by atoms with E-state index in [9.17, 15) is 0 Å². The highest BCUT2D eigenvalue weighted by molar-refractivity contribution is 9.10. The van der Waals surface area contributed by atoms with E-state index in [1.807, 2.05) is 24.4 Å². The van der Waals surface area contributed by atoms with Crippen molar-refractivity contribution in [3.8, 4) is 0 Å². The second-order valence-electron chi connectivity index (χ2n) is 3.45. The summed E-state index contributed by atoms with van der Waals surface area (Å²) in [5.74, 6) is 0. The predicted octanol–water partition coefficient (Wildman–Crippen LogP) is 3.80. The number of aromatic nitrogens is 1. The van der Waals surface area contributed by atoms with Crippen molar-refractivity contribution in [2.75, 3.05) is 0 Å². The number of rotatable bonds is 3. The summed E-state index contributed by atoms with van der Waals surface area (Å²) >= 11 is 11.1. The number of thiazole rings is 1. The monoisotopic (exact) mass is 316 g/mol. The van der Waals surface area contributed by atoms with Gasteiger partial charge < -0.3 is 5.73 Å². The summed E-state index contributed by atoms with van der Waals surface area (Å²) in [7, 11) is 0. The molecule has 0 aliphatic carbocycles. The molecule has 0 aliphatic heterocycles. The van der Waals surface area contributed by atoms with Gasteiger partial charge in [0.05, 0.1) is 5.51 Å². The summed E-state index contributed by atoms with van der Waals surface area (Å²) in [5.41, 5.74) is 8.93. The average Bonchev–Trinajstić information content (AvgIpc) is 2.75. The molecular weight excluding hydrogens is 308 g/mol. The number of benzene rings is 1. The molecule has 84 valence electrons. The molecule has 5 heteroatoms. The molecule has 0 spiro atoms. The zero-order valence-corrected chi connectivity index (χ0v) is 11.5. The normalized spacial score (nSPS) is 12.7. The summed E-state index contributed by atoms with van der Waals surface area (Å²) in [6.45, 7) is 0. The van der Waals surface area contributed by atoms with Gasteiger partial charge in [0, 0.05) is 26.6 Å². The van der Waals surface area contributed by atoms with Crippen molar-refractivity contribution in [1.29, 1.82) is 0 Å². The second-order valence-corrected chi connectivity index (χ2v) is 5.69. The first-order valence-corrected chi connectivity index (χ1v) is 6.80. The van der Waals surface area contributed by atoms with Crippen molar-refractivity contribution >= 4 is 38.9 Å². The number of halogens is 2. The van der Waals surface area contributed by atoms with Gasteiger partial charge in [-0.05, 0) is 24.1 Å². The Morgan fingerprint density at radius 3 is 2.94 bits per heavy atom. The molecule has 0 radical (unpaired) electrons. The Morgan fingerprint density at radius 1 is 1.50 bits per heavy atom. The maximum atomic E-state index is 6.14. The molecule has 2 N–H and O–H groups in total. The van der Waals surface area contributed by atoms with Gasteiger partial charge in [-0.2, -0.15) is 0 Å². The molecule has 1 atom stereocenters. The number of hydrogen-bond acceptors (Lipinski definition) is 3. The van der Waals surface area contributed by atoms with E-state index in [0.29, 0.717) is 0 Å². The molecule has 0 bridgehead atoms. The number of nitrogens with two attached hydrogens (primary N) is 1. The van der Waals surface area contributed by atoms with E-state index < -0.39 is 0 Å². The van der Waals surface area contributed by atoms with Crippen molar-refractivity contribution in [3.05, 3.63) is 49.8 Å². The molecule has 0 saturated carbocycles. The molecule has 0 amide bonds. The van der Waals surface area contributed by atoms with Crippen molar-refractivity contribution in [2.24, 2.45) is 5.73 Å². The van der Waals surface area contributed by atoms with Crippen LogP contribution in [0.5, 0.6) is 0 Å². The van der Waals surface area contributed by atoms with Gasteiger partial charge in [-0.1, -0.05) is 33.6 Å². The molecule has 1 aromatic heterocycles. The fourth-order valence-electron chi connectivity index (χ4n) is 1.43. The summed E-state index contributed by atoms with van der Waals surface area (Å²) in [6.07, 6.45) is 2.54. The molecule has 1 unspecified atom stereocenters. The van der Waals surface area contributed by atoms with Crippen molar-refractivity contribution in [1.82, 2.24) is 4.98 Å². The topological polar surface area (TPSA) is 38.9 Å². The largest absolute Gasteiger partial charge is 0.323 e. The maximum Gasteiger partial charge on any atom is 0.0794 e. The number of nitrogens with zero attached hydrogens (tertiary/aromatic N) is 1. The Morgan fingerprint density at radius 2 is 2.31 bits per heavy atom. The van der Waals surface area contributed by atoms with E-state index in [4.69, 9.17) is 17.3 Å². The summed E-state index contributed by atoms with van der Waals surface area (Å²) in [5, 5.41) is 0.745. The van der Waals surface area contributed by atoms with Gasteiger partial charge in [0.2, 0.25) is 0 Å². The molecule has 1 heterocycles. The van der Waals surface area contributed by atoms with Gasteiger partial charge in [-0.25, -0.2) is 0 Å². The summed E-state index contributed by atoms with van der Waals surface area (Å²) in [4.78, 5) is 5.10. The highest BCUT2D eigenvalue weighted by Gasteiger charge is 2.11. The van der Waals surface area contributed by atoms with Crippen LogP contribution >= 0.6 is 38.9 Å². The zero-order chi connectivity index (χ0) is 11.5. The zero-order valence-electron chi connectivity index (χ0n) is 8.36. The molecule has 2 rings (SSSR count). The lowest BCUT2D eigenvalue weighted by Gasteiger charge is -2.10. The van der Waals surface area contributed by atoms with Crippen LogP contribution in [0.1, 0.15) is 16.5 Å². The Kier molecular flexibility index (Phi) is 3.97. The number of hydrogen-bond donors (Lipinski definition) is 1. The first-order valence-electron chi connectivity index (χ1n) is 4.74. The lowest BCUT2D eigenvalue weighted by molar-refractivity contribution is 0.734. The minimum absolute atomic E-state index is 0.0359. The second kappa shape index (κ2) is 5.27. The van der Waals surface area contributed by atoms with Crippen LogP contribution in [0.25, 0.3) is 0 Å². The van der Waals surface area contributed by atoms with E-state index >= 15 is 0 Å². The third-order valence-corrected chi connectivity index (χ3v) is 4.02. The van der Waals surface area contributed by atoms with Gasteiger partial charge >= 0.3 is 0 Å². The van der Waals surface area contributed by atoms with Gasteiger partial charge in [-0.3, -0.25) is 4.98 Å². The quantitative estimate of drug-likeness (QED) is 0.935. The smallest absolute Gasteiger partial charge is 0.0794 e. The van der Waals surface area contributed by atoms with Crippen molar-refractivity contribution in [2.45, 2.75) is 12.5 Å². The molecule has 16 heavy (non-hydrogen) atoms. The van der Waals surface area contributed by atoms with E-state index in [1.54, 1.807) is 16.8 Å². The molecule has 0 saturated heterocycles. The summed E-state index contributed by atoms with van der Waals surface area (Å²) in [6, 6.07) is 5.82. The molecular formula is C11H10BrClN2S. The lowest BCUT2D eigenvalue weighted by Crippen LogP contribution is -2.12. The van der Waals surface area contributed by atoms with E-state index in [1.165, 1.54) is 0 Å². The predicted molar refractivity (Wildman–Crippen MR) is 71.9 cm³/mol. The average molecular weight is 318 g/mol. The van der Waals surface area contributed by atoms with Crippen LogP contribution in [0.2, 0.25) is 5.02 Å². The van der Waals surface area contributed by atoms with Crippen molar-refractivity contribution < 1.29 is 0 Å². The Balaban J connectivity index is 2.15. The highest BCUT2D eigenvalue weighted by atomic mass is 79.9. The highest BCUT2D eigenvalue weighted by Crippen LogP contribution is 2.26. The van der Waals surface area contributed by atoms with Gasteiger partial charge in [0.25, 0.3) is 0 Å². The third-order valence-electron chi connectivity index (χ3n) is 2.27. The van der Waals surface area contributed by atoms with Crippen LogP contribution in [0.15, 0.2) is 34.4 Å². The fraction of sp³-hybridized carbons (Fsp3) is 0.182. The van der Waals surface area contributed by atoms with Gasteiger partial charge in [-0.15, -0.1) is 11.3 Å². The first kappa shape index (κ1) is 12.0. The third kappa shape index (κ3) is 2.83. The molecule has 0 fully saturated rings. The standard InChI is InChI=1S/C11H10BrClN2S/c12-8-2-1-7(9(13)4-8)3-10(14)11-5-15-6-16-11/h1-2,4-6,10H,3,14H2. The van der Waals surface area contributed by atoms with Gasteiger partial charge in [0.15, 0.2) is 0 Å². The Bertz CT molecular complexity index is 473. The molecule has 1 aromatic carbocycles. The van der Waals surface area contributed by atoms with E-state index in [2.05, 4.69) is 20.9 Å². The van der Waals surface area contributed by atoms with Crippen LogP contribution in [-0.2, 0) is 6.42 Å². The molecule has 0 aliphatic rings. The van der Waals surface area contributed by atoms with Crippen LogP contribution in [0.3, 0.4) is 0 Å². The molecule has 2 nitrogen and oxygen atoms in total. The Labute approximate surface area is 112 Å². The van der Waals surface area contributed by atoms with Crippen LogP contribution < -0.4 is 5.73 Å². The van der Waals surface area contributed by atoms with E-state index in [0.717, 1.165) is 26.4 Å². The van der Waals surface area contributed by atoms with Crippen LogP contribution in [0.4, 0.5) is 0 Å². The molecule has 2 aromatic rings. The van der Waals surface area contributed by atoms with Crippen LogP contribution in [-0.4, -0.2) is 4.98 Å². The minimum Gasteiger partial charge on any atom is -0.323 e. The van der Waals surface area contributed by atoms with Crippen molar-refractivity contribution in [3.63, 3.8) is 0 Å². The van der Waals surface area contributed by atoms with E-state index in [-0.39, 0.29) is 6.04 Å². The SMILES string of the molecule is NC(Cc1ccc(Br)cc1Cl)c1cncs1. The lowest BCUT2D eigenvalue weighted by atomic mass is 10.1. The maximum absolute atomic E-state index is 6.14. The minimum atomic E-state index is -0.0359. The van der Waals surface area contributed by atoms with Gasteiger partial charge in [0.1, 0.15) is 0 Å².